The van der Waals surface area contributed by atoms with Crippen LogP contribution in [0.4, 0.5) is 11.4 Å². The zero-order chi connectivity index (χ0) is 26.1. The summed E-state index contributed by atoms with van der Waals surface area (Å²) in [5.74, 6) is 0.966. The van der Waals surface area contributed by atoms with Crippen LogP contribution in [0.25, 0.3) is 0 Å². The van der Waals surface area contributed by atoms with Gasteiger partial charge >= 0.3 is 0 Å². The van der Waals surface area contributed by atoms with Crippen molar-refractivity contribution < 1.29 is 17.9 Å². The van der Waals surface area contributed by atoms with E-state index in [2.05, 4.69) is 9.98 Å². The van der Waals surface area contributed by atoms with E-state index in [1.165, 1.54) is 0 Å². The first-order chi connectivity index (χ1) is 18.0. The van der Waals surface area contributed by atoms with Crippen molar-refractivity contribution in [1.82, 2.24) is 0 Å². The Hall–Kier alpha value is -4.23. The third-order valence-corrected chi connectivity index (χ3v) is 7.14. The number of ether oxygens (including phenoxy) is 2. The summed E-state index contributed by atoms with van der Waals surface area (Å²) in [7, 11) is -3.71. The summed E-state index contributed by atoms with van der Waals surface area (Å²) in [4.78, 5) is 9.49. The van der Waals surface area contributed by atoms with Crippen molar-refractivity contribution in [3.63, 3.8) is 0 Å². The van der Waals surface area contributed by atoms with Crippen LogP contribution in [0.3, 0.4) is 0 Å². The van der Waals surface area contributed by atoms with Crippen LogP contribution in [-0.4, -0.2) is 33.4 Å². The van der Waals surface area contributed by atoms with Crippen molar-refractivity contribution in [2.75, 3.05) is 13.2 Å². The maximum atomic E-state index is 13.2. The standard InChI is InChI=1S/C30H28N2O4S/c1-3-35-29(23-11-7-5-8-12-23)31-25-15-19-27(20-16-25)37(33,34)28-21-17-26(18-22-28)32-30(36-4-2)24-13-9-6-10-14-24/h5-22H,3-4H2,1-2H3. The highest BCUT2D eigenvalue weighted by Crippen LogP contribution is 2.26. The summed E-state index contributed by atoms with van der Waals surface area (Å²) in [6, 6.07) is 32.0. The Labute approximate surface area is 217 Å². The van der Waals surface area contributed by atoms with Gasteiger partial charge in [0.2, 0.25) is 21.6 Å². The fourth-order valence-electron chi connectivity index (χ4n) is 3.57. The molecule has 0 fully saturated rings. The first-order valence-corrected chi connectivity index (χ1v) is 13.5. The third-order valence-electron chi connectivity index (χ3n) is 5.36. The molecule has 37 heavy (non-hydrogen) atoms. The molecule has 0 saturated carbocycles. The van der Waals surface area contributed by atoms with Crippen molar-refractivity contribution >= 4 is 33.0 Å². The molecule has 0 unspecified atom stereocenters. The molecule has 0 aliphatic carbocycles. The minimum atomic E-state index is -3.71. The molecule has 0 bridgehead atoms. The molecule has 0 spiro atoms. The van der Waals surface area contributed by atoms with E-state index in [-0.39, 0.29) is 9.79 Å². The van der Waals surface area contributed by atoms with Crippen molar-refractivity contribution in [2.45, 2.75) is 23.6 Å². The van der Waals surface area contributed by atoms with Gasteiger partial charge in [-0.2, -0.15) is 0 Å². The largest absolute Gasteiger partial charge is 0.478 e. The van der Waals surface area contributed by atoms with Crippen LogP contribution in [0.1, 0.15) is 25.0 Å². The Kier molecular flexibility index (Phi) is 8.48. The molecule has 188 valence electrons. The molecule has 0 amide bonds. The van der Waals surface area contributed by atoms with Gasteiger partial charge in [-0.25, -0.2) is 18.4 Å². The molecule has 0 aliphatic rings. The van der Waals surface area contributed by atoms with Crippen LogP contribution in [0, 0.1) is 0 Å². The van der Waals surface area contributed by atoms with E-state index < -0.39 is 9.84 Å². The van der Waals surface area contributed by atoms with Crippen LogP contribution in [-0.2, 0) is 19.3 Å². The summed E-state index contributed by atoms with van der Waals surface area (Å²) >= 11 is 0. The van der Waals surface area contributed by atoms with E-state index in [1.807, 2.05) is 74.5 Å². The molecule has 4 rings (SSSR count). The van der Waals surface area contributed by atoms with Crippen molar-refractivity contribution in [3.8, 4) is 0 Å². The summed E-state index contributed by atoms with van der Waals surface area (Å²) in [6.07, 6.45) is 0. The van der Waals surface area contributed by atoms with Gasteiger partial charge in [-0.05, 0) is 86.6 Å². The molecule has 0 N–H and O–H groups in total. The van der Waals surface area contributed by atoms with Gasteiger partial charge < -0.3 is 9.47 Å². The highest BCUT2D eigenvalue weighted by atomic mass is 32.2. The predicted molar refractivity (Wildman–Crippen MR) is 147 cm³/mol. The SMILES string of the molecule is CCOC(=Nc1ccc(S(=O)(=O)c2ccc(N=C(OCC)c3ccccc3)cc2)cc1)c1ccccc1. The van der Waals surface area contributed by atoms with Crippen LogP contribution in [0.5, 0.6) is 0 Å². The molecule has 0 atom stereocenters. The quantitative estimate of drug-likeness (QED) is 0.193. The minimum absolute atomic E-state index is 0.180. The molecular formula is C30H28N2O4S. The Morgan fingerprint density at radius 2 is 0.919 bits per heavy atom. The van der Waals surface area contributed by atoms with E-state index in [0.717, 1.165) is 11.1 Å². The fraction of sp³-hybridized carbons (Fsp3) is 0.133. The molecule has 0 saturated heterocycles. The molecule has 0 radical (unpaired) electrons. The lowest BCUT2D eigenvalue weighted by Crippen LogP contribution is -2.06. The van der Waals surface area contributed by atoms with Crippen molar-refractivity contribution in [2.24, 2.45) is 9.98 Å². The van der Waals surface area contributed by atoms with Gasteiger partial charge in [0, 0.05) is 11.1 Å². The van der Waals surface area contributed by atoms with Crippen LogP contribution >= 0.6 is 0 Å². The minimum Gasteiger partial charge on any atom is -0.478 e. The number of benzene rings is 4. The average molecular weight is 513 g/mol. The topological polar surface area (TPSA) is 77.3 Å². The summed E-state index contributed by atoms with van der Waals surface area (Å²) < 4.78 is 37.8. The van der Waals surface area contributed by atoms with E-state index in [0.29, 0.717) is 36.4 Å². The molecule has 4 aromatic carbocycles. The number of aliphatic imine (C=N–C) groups is 2. The van der Waals surface area contributed by atoms with E-state index >= 15 is 0 Å². The van der Waals surface area contributed by atoms with Gasteiger partial charge in [0.25, 0.3) is 0 Å². The smallest absolute Gasteiger partial charge is 0.221 e. The van der Waals surface area contributed by atoms with E-state index in [1.54, 1.807) is 48.5 Å². The molecule has 6 nitrogen and oxygen atoms in total. The molecule has 4 aromatic rings. The second-order valence-electron chi connectivity index (χ2n) is 7.92. The van der Waals surface area contributed by atoms with Crippen molar-refractivity contribution in [3.05, 3.63) is 120 Å². The number of hydrogen-bond acceptors (Lipinski definition) is 6. The Morgan fingerprint density at radius 1 is 0.568 bits per heavy atom. The van der Waals surface area contributed by atoms with Crippen LogP contribution < -0.4 is 0 Å². The van der Waals surface area contributed by atoms with Crippen LogP contribution in [0.2, 0.25) is 0 Å². The molecule has 0 aliphatic heterocycles. The molecule has 0 heterocycles. The zero-order valence-electron chi connectivity index (χ0n) is 20.7. The highest BCUT2D eigenvalue weighted by molar-refractivity contribution is 7.91. The van der Waals surface area contributed by atoms with Gasteiger partial charge in [-0.15, -0.1) is 0 Å². The molecule has 7 heteroatoms. The van der Waals surface area contributed by atoms with Crippen molar-refractivity contribution in [1.29, 1.82) is 0 Å². The summed E-state index contributed by atoms with van der Waals surface area (Å²) in [5, 5.41) is 0. The normalized spacial score (nSPS) is 12.3. The third kappa shape index (κ3) is 6.51. The highest BCUT2D eigenvalue weighted by Gasteiger charge is 2.18. The lowest BCUT2D eigenvalue weighted by Gasteiger charge is -2.09. The van der Waals surface area contributed by atoms with Gasteiger partial charge in [0.05, 0.1) is 34.4 Å². The maximum absolute atomic E-state index is 13.2. The first-order valence-electron chi connectivity index (χ1n) is 12.0. The number of rotatable bonds is 8. The lowest BCUT2D eigenvalue weighted by atomic mass is 10.2. The lowest BCUT2D eigenvalue weighted by molar-refractivity contribution is 0.328. The number of nitrogens with zero attached hydrogens (tertiary/aromatic N) is 2. The average Bonchev–Trinajstić information content (AvgIpc) is 2.94. The monoisotopic (exact) mass is 512 g/mol. The number of sulfone groups is 1. The Morgan fingerprint density at radius 3 is 1.24 bits per heavy atom. The zero-order valence-corrected chi connectivity index (χ0v) is 21.6. The van der Waals surface area contributed by atoms with Crippen LogP contribution in [0.15, 0.2) is 129 Å². The number of hydrogen-bond donors (Lipinski definition) is 0. The summed E-state index contributed by atoms with van der Waals surface area (Å²) in [6.45, 7) is 4.73. The van der Waals surface area contributed by atoms with Gasteiger partial charge in [0.1, 0.15) is 0 Å². The maximum Gasteiger partial charge on any atom is 0.221 e. The molecule has 0 aromatic heterocycles. The fourth-order valence-corrected chi connectivity index (χ4v) is 4.83. The Bertz CT molecular complexity index is 1360. The van der Waals surface area contributed by atoms with E-state index in [4.69, 9.17) is 9.47 Å². The summed E-state index contributed by atoms with van der Waals surface area (Å²) in [5.41, 5.74) is 2.90. The van der Waals surface area contributed by atoms with Gasteiger partial charge in [-0.1, -0.05) is 36.4 Å². The Balaban J connectivity index is 1.56. The van der Waals surface area contributed by atoms with E-state index in [9.17, 15) is 8.42 Å². The predicted octanol–water partition coefficient (Wildman–Crippen LogP) is 6.75. The second kappa shape index (κ2) is 12.1. The van der Waals surface area contributed by atoms with Gasteiger partial charge in [0.15, 0.2) is 0 Å². The van der Waals surface area contributed by atoms with Gasteiger partial charge in [-0.3, -0.25) is 0 Å². The first kappa shape index (κ1) is 25.9. The second-order valence-corrected chi connectivity index (χ2v) is 9.87. The molecular weight excluding hydrogens is 484 g/mol.